The Morgan fingerprint density at radius 3 is 1.58 bits per heavy atom. The van der Waals surface area contributed by atoms with Crippen molar-refractivity contribution in [1.82, 2.24) is 0 Å². The molecule has 0 nitrogen and oxygen atoms in total. The maximum atomic E-state index is 2.80. The molecular formula is C19H30. The zero-order valence-corrected chi connectivity index (χ0v) is 12.4. The van der Waals surface area contributed by atoms with Gasteiger partial charge in [0.1, 0.15) is 0 Å². The first-order valence-electron chi connectivity index (χ1n) is 9.08. The van der Waals surface area contributed by atoms with E-state index >= 15 is 0 Å². The first kappa shape index (κ1) is 12.7. The molecule has 0 heterocycles. The van der Waals surface area contributed by atoms with Crippen LogP contribution in [0.15, 0.2) is 0 Å². The van der Waals surface area contributed by atoms with E-state index in [0.29, 0.717) is 0 Å². The lowest BCUT2D eigenvalue weighted by atomic mass is 9.80. The van der Waals surface area contributed by atoms with Gasteiger partial charge in [0, 0.05) is 0 Å². The molecule has 106 valence electrons. The molecule has 19 heavy (non-hydrogen) atoms. The predicted molar refractivity (Wildman–Crippen MR) is 80.3 cm³/mol. The highest BCUT2D eigenvalue weighted by atomic mass is 14.4. The third kappa shape index (κ3) is 2.61. The Hall–Kier alpha value is 0. The average molecular weight is 258 g/mol. The van der Waals surface area contributed by atoms with Gasteiger partial charge in [-0.1, -0.05) is 44.9 Å². The van der Waals surface area contributed by atoms with Gasteiger partial charge in [-0.15, -0.1) is 0 Å². The second-order valence-electron chi connectivity index (χ2n) is 8.02. The van der Waals surface area contributed by atoms with Crippen LogP contribution in [0.3, 0.4) is 0 Å². The van der Waals surface area contributed by atoms with Crippen LogP contribution in [0.2, 0.25) is 0 Å². The Morgan fingerprint density at radius 1 is 0.526 bits per heavy atom. The molecule has 0 saturated heterocycles. The first-order valence-corrected chi connectivity index (χ1v) is 9.08. The van der Waals surface area contributed by atoms with Gasteiger partial charge in [0.15, 0.2) is 0 Å². The molecule has 6 atom stereocenters. The summed E-state index contributed by atoms with van der Waals surface area (Å²) in [5.74, 6) is 6.12. The average Bonchev–Trinajstić information content (AvgIpc) is 2.94. The van der Waals surface area contributed by atoms with E-state index in [-0.39, 0.29) is 0 Å². The van der Waals surface area contributed by atoms with Crippen molar-refractivity contribution in [2.24, 2.45) is 35.5 Å². The topological polar surface area (TPSA) is 0 Å². The Kier molecular flexibility index (Phi) is 3.62. The smallest absolute Gasteiger partial charge is 0.0321 e. The second kappa shape index (κ2) is 5.41. The molecule has 5 saturated carbocycles. The second-order valence-corrected chi connectivity index (χ2v) is 8.02. The fraction of sp³-hybridized carbons (Fsp3) is 0.895. The minimum atomic E-state index is 0.988. The molecule has 0 N–H and O–H groups in total. The fourth-order valence-electron chi connectivity index (χ4n) is 5.93. The molecular weight excluding hydrogens is 228 g/mol. The van der Waals surface area contributed by atoms with E-state index in [1.54, 1.807) is 25.7 Å². The summed E-state index contributed by atoms with van der Waals surface area (Å²) in [7, 11) is 0. The van der Waals surface area contributed by atoms with E-state index in [1.807, 2.05) is 0 Å². The maximum Gasteiger partial charge on any atom is -0.0321 e. The molecule has 5 aliphatic rings. The van der Waals surface area contributed by atoms with Gasteiger partial charge >= 0.3 is 0 Å². The Labute approximate surface area is 119 Å². The molecule has 6 unspecified atom stereocenters. The summed E-state index contributed by atoms with van der Waals surface area (Å²) < 4.78 is 0. The molecule has 0 heteroatoms. The van der Waals surface area contributed by atoms with Crippen LogP contribution in [-0.4, -0.2) is 0 Å². The molecule has 0 spiro atoms. The minimum absolute atomic E-state index is 0.988. The third-order valence-corrected chi connectivity index (χ3v) is 6.84. The number of fused-ring (bicyclic) bond motifs is 6. The van der Waals surface area contributed by atoms with Crippen molar-refractivity contribution in [3.8, 4) is 0 Å². The van der Waals surface area contributed by atoms with Gasteiger partial charge in [0.25, 0.3) is 0 Å². The molecule has 5 fully saturated rings. The van der Waals surface area contributed by atoms with Gasteiger partial charge < -0.3 is 0 Å². The number of hydrogen-bond acceptors (Lipinski definition) is 0. The molecule has 0 aromatic heterocycles. The quantitative estimate of drug-likeness (QED) is 0.543. The maximum absolute atomic E-state index is 2.80. The molecule has 6 bridgehead atoms. The van der Waals surface area contributed by atoms with Gasteiger partial charge in [0.2, 0.25) is 0 Å². The van der Waals surface area contributed by atoms with Crippen molar-refractivity contribution >= 4 is 0 Å². The van der Waals surface area contributed by atoms with Gasteiger partial charge in [-0.25, -0.2) is 0 Å². The van der Waals surface area contributed by atoms with Crippen LogP contribution in [-0.2, 0) is 0 Å². The van der Waals surface area contributed by atoms with Crippen molar-refractivity contribution in [1.29, 1.82) is 0 Å². The van der Waals surface area contributed by atoms with E-state index in [1.165, 1.54) is 44.9 Å². The largest absolute Gasteiger partial charge is 0.0528 e. The lowest BCUT2D eigenvalue weighted by Crippen LogP contribution is -2.15. The van der Waals surface area contributed by atoms with Crippen molar-refractivity contribution in [3.05, 3.63) is 12.8 Å². The molecule has 0 aliphatic heterocycles. The number of rotatable bonds is 0. The molecule has 2 radical (unpaired) electrons. The molecule has 5 aliphatic carbocycles. The first-order chi connectivity index (χ1) is 9.38. The number of hydrogen-bond donors (Lipinski definition) is 0. The van der Waals surface area contributed by atoms with Crippen LogP contribution < -0.4 is 0 Å². The highest BCUT2D eigenvalue weighted by molar-refractivity contribution is 5.01. The van der Waals surface area contributed by atoms with Gasteiger partial charge in [-0.2, -0.15) is 0 Å². The summed E-state index contributed by atoms with van der Waals surface area (Å²) in [6.07, 6.45) is 22.4. The van der Waals surface area contributed by atoms with Crippen LogP contribution >= 0.6 is 0 Å². The summed E-state index contributed by atoms with van der Waals surface area (Å²) in [6, 6.07) is 0. The third-order valence-electron chi connectivity index (χ3n) is 6.84. The minimum Gasteiger partial charge on any atom is -0.0528 e. The van der Waals surface area contributed by atoms with Gasteiger partial charge in [-0.3, -0.25) is 0 Å². The van der Waals surface area contributed by atoms with Crippen LogP contribution in [0.4, 0.5) is 0 Å². The lowest BCUT2D eigenvalue weighted by molar-refractivity contribution is 0.273. The Bertz CT molecular complexity index is 253. The summed E-state index contributed by atoms with van der Waals surface area (Å²) >= 11 is 0. The SMILES string of the molecule is [CH]1C2CCCC3[CH]C4CCCC1C(CCCC4C3)C2. The Morgan fingerprint density at radius 2 is 1.00 bits per heavy atom. The fourth-order valence-corrected chi connectivity index (χ4v) is 5.93. The van der Waals surface area contributed by atoms with E-state index < -0.39 is 0 Å². The monoisotopic (exact) mass is 258 g/mol. The standard InChI is InChI=1S/C19H30/c1-4-14-10-16-6-2-7-17-11-15(5-1)13-19(17)9-3-8-18(16)12-14/h10-11,14-19H,1-9,12-13H2. The molecule has 0 amide bonds. The molecule has 0 aromatic carbocycles. The highest BCUT2D eigenvalue weighted by Crippen LogP contribution is 2.49. The highest BCUT2D eigenvalue weighted by Gasteiger charge is 2.38. The van der Waals surface area contributed by atoms with E-state index in [2.05, 4.69) is 12.8 Å². The van der Waals surface area contributed by atoms with Crippen LogP contribution in [0.5, 0.6) is 0 Å². The van der Waals surface area contributed by atoms with E-state index in [4.69, 9.17) is 0 Å². The molecule has 5 rings (SSSR count). The van der Waals surface area contributed by atoms with Gasteiger partial charge in [-0.05, 0) is 74.0 Å². The summed E-state index contributed by atoms with van der Waals surface area (Å²) in [4.78, 5) is 0. The van der Waals surface area contributed by atoms with E-state index in [9.17, 15) is 0 Å². The lowest BCUT2D eigenvalue weighted by Gasteiger charge is -2.26. The van der Waals surface area contributed by atoms with Crippen LogP contribution in [0.25, 0.3) is 0 Å². The van der Waals surface area contributed by atoms with Crippen molar-refractivity contribution in [2.45, 2.75) is 70.6 Å². The summed E-state index contributed by atoms with van der Waals surface area (Å²) in [6.45, 7) is 0. The zero-order valence-electron chi connectivity index (χ0n) is 12.4. The molecule has 0 aromatic rings. The zero-order chi connectivity index (χ0) is 12.7. The van der Waals surface area contributed by atoms with Crippen molar-refractivity contribution in [2.75, 3.05) is 0 Å². The van der Waals surface area contributed by atoms with Crippen LogP contribution in [0.1, 0.15) is 70.6 Å². The van der Waals surface area contributed by atoms with Crippen LogP contribution in [0, 0.1) is 48.3 Å². The summed E-state index contributed by atoms with van der Waals surface area (Å²) in [5, 5.41) is 0. The van der Waals surface area contributed by atoms with Gasteiger partial charge in [0.05, 0.1) is 0 Å². The van der Waals surface area contributed by atoms with E-state index in [0.717, 1.165) is 35.5 Å². The predicted octanol–water partition coefficient (Wildman–Crippen LogP) is 5.44. The summed E-state index contributed by atoms with van der Waals surface area (Å²) in [5.41, 5.74) is 0. The van der Waals surface area contributed by atoms with Crippen molar-refractivity contribution < 1.29 is 0 Å². The van der Waals surface area contributed by atoms with Crippen molar-refractivity contribution in [3.63, 3.8) is 0 Å². The Balaban J connectivity index is 1.56. The normalized spacial score (nSPS) is 50.5.